The summed E-state index contributed by atoms with van der Waals surface area (Å²) in [6.45, 7) is 10.0. The van der Waals surface area contributed by atoms with Gasteiger partial charge in [0.2, 0.25) is 0 Å². The molecule has 0 amide bonds. The third kappa shape index (κ3) is 3.71. The van der Waals surface area contributed by atoms with E-state index in [1.165, 1.54) is 38.5 Å². The van der Waals surface area contributed by atoms with Crippen molar-refractivity contribution in [2.75, 3.05) is 6.61 Å². The Morgan fingerprint density at radius 3 is 2.18 bits per heavy atom. The SMILES string of the molecule is CC(OCC1CC2CCCC(C2)C1)C(C)(C)C. The Morgan fingerprint density at radius 1 is 1.06 bits per heavy atom. The fourth-order valence-corrected chi connectivity index (χ4v) is 3.54. The van der Waals surface area contributed by atoms with Crippen molar-refractivity contribution in [3.8, 4) is 0 Å². The summed E-state index contributed by atoms with van der Waals surface area (Å²) in [4.78, 5) is 0. The smallest absolute Gasteiger partial charge is 0.0595 e. The van der Waals surface area contributed by atoms with E-state index in [0.717, 1.165) is 24.4 Å². The van der Waals surface area contributed by atoms with Crippen molar-refractivity contribution in [2.24, 2.45) is 23.2 Å². The van der Waals surface area contributed by atoms with Gasteiger partial charge in [-0.05, 0) is 49.4 Å². The van der Waals surface area contributed by atoms with E-state index in [-0.39, 0.29) is 5.41 Å². The summed E-state index contributed by atoms with van der Waals surface area (Å²) in [7, 11) is 0. The summed E-state index contributed by atoms with van der Waals surface area (Å²) in [5, 5.41) is 0. The van der Waals surface area contributed by atoms with E-state index in [1.54, 1.807) is 0 Å². The molecule has 0 aromatic carbocycles. The summed E-state index contributed by atoms with van der Waals surface area (Å²) in [6.07, 6.45) is 9.24. The van der Waals surface area contributed by atoms with Crippen molar-refractivity contribution in [3.05, 3.63) is 0 Å². The van der Waals surface area contributed by atoms with Crippen molar-refractivity contribution in [1.29, 1.82) is 0 Å². The van der Waals surface area contributed by atoms with Gasteiger partial charge in [-0.1, -0.05) is 40.0 Å². The normalized spacial score (nSPS) is 35.6. The molecule has 17 heavy (non-hydrogen) atoms. The van der Waals surface area contributed by atoms with Gasteiger partial charge in [-0.3, -0.25) is 0 Å². The van der Waals surface area contributed by atoms with Crippen molar-refractivity contribution in [3.63, 3.8) is 0 Å². The zero-order valence-corrected chi connectivity index (χ0v) is 12.2. The molecule has 100 valence electrons. The van der Waals surface area contributed by atoms with Crippen LogP contribution in [0, 0.1) is 23.2 Å². The van der Waals surface area contributed by atoms with Gasteiger partial charge in [0.25, 0.3) is 0 Å². The second-order valence-electron chi connectivity index (χ2n) is 7.58. The predicted molar refractivity (Wildman–Crippen MR) is 73.0 cm³/mol. The van der Waals surface area contributed by atoms with Crippen LogP contribution in [0.2, 0.25) is 0 Å². The molecule has 0 saturated heterocycles. The average Bonchev–Trinajstić information content (AvgIpc) is 2.24. The Hall–Kier alpha value is -0.0400. The van der Waals surface area contributed by atoms with Crippen LogP contribution in [0.1, 0.15) is 66.2 Å². The largest absolute Gasteiger partial charge is 0.378 e. The fraction of sp³-hybridized carbons (Fsp3) is 1.00. The monoisotopic (exact) mass is 238 g/mol. The molecule has 0 heterocycles. The zero-order valence-electron chi connectivity index (χ0n) is 12.2. The zero-order chi connectivity index (χ0) is 12.5. The van der Waals surface area contributed by atoms with Crippen LogP contribution in [0.5, 0.6) is 0 Å². The summed E-state index contributed by atoms with van der Waals surface area (Å²) in [6, 6.07) is 0. The number of hydrogen-bond donors (Lipinski definition) is 0. The van der Waals surface area contributed by atoms with Gasteiger partial charge in [-0.15, -0.1) is 0 Å². The highest BCUT2D eigenvalue weighted by atomic mass is 16.5. The van der Waals surface area contributed by atoms with E-state index in [2.05, 4.69) is 27.7 Å². The average molecular weight is 238 g/mol. The van der Waals surface area contributed by atoms with Crippen molar-refractivity contribution >= 4 is 0 Å². The van der Waals surface area contributed by atoms with Crippen LogP contribution in [0.15, 0.2) is 0 Å². The maximum absolute atomic E-state index is 6.11. The van der Waals surface area contributed by atoms with Gasteiger partial charge in [0.05, 0.1) is 6.10 Å². The van der Waals surface area contributed by atoms with Gasteiger partial charge in [-0.2, -0.15) is 0 Å². The van der Waals surface area contributed by atoms with Gasteiger partial charge in [0, 0.05) is 6.61 Å². The molecule has 3 atom stereocenters. The van der Waals surface area contributed by atoms with Gasteiger partial charge in [-0.25, -0.2) is 0 Å². The molecule has 2 rings (SSSR count). The topological polar surface area (TPSA) is 9.23 Å². The molecule has 0 N–H and O–H groups in total. The first kappa shape index (κ1) is 13.4. The van der Waals surface area contributed by atoms with Crippen LogP contribution in [0.4, 0.5) is 0 Å². The summed E-state index contributed by atoms with van der Waals surface area (Å²) >= 11 is 0. The Bertz CT molecular complexity index is 228. The highest BCUT2D eigenvalue weighted by Gasteiger charge is 2.32. The number of fused-ring (bicyclic) bond motifs is 2. The van der Waals surface area contributed by atoms with Crippen molar-refractivity contribution in [2.45, 2.75) is 72.3 Å². The van der Waals surface area contributed by atoms with E-state index >= 15 is 0 Å². The molecule has 2 aliphatic rings. The third-order valence-corrected chi connectivity index (χ3v) is 5.03. The molecule has 0 aromatic heterocycles. The summed E-state index contributed by atoms with van der Waals surface area (Å²) in [5.41, 5.74) is 0.282. The van der Waals surface area contributed by atoms with Gasteiger partial charge < -0.3 is 4.74 Å². The molecule has 2 fully saturated rings. The first-order chi connectivity index (χ1) is 7.95. The maximum Gasteiger partial charge on any atom is 0.0595 e. The van der Waals surface area contributed by atoms with Crippen LogP contribution in [0.3, 0.4) is 0 Å². The van der Waals surface area contributed by atoms with E-state index < -0.39 is 0 Å². The van der Waals surface area contributed by atoms with Crippen LogP contribution < -0.4 is 0 Å². The molecular weight excluding hydrogens is 208 g/mol. The molecule has 1 heteroatoms. The quantitative estimate of drug-likeness (QED) is 0.695. The molecule has 2 bridgehead atoms. The number of rotatable bonds is 3. The molecule has 0 radical (unpaired) electrons. The Labute approximate surface area is 107 Å². The van der Waals surface area contributed by atoms with Gasteiger partial charge in [0.1, 0.15) is 0 Å². The van der Waals surface area contributed by atoms with Crippen LogP contribution in [0.25, 0.3) is 0 Å². The van der Waals surface area contributed by atoms with Gasteiger partial charge in [0.15, 0.2) is 0 Å². The summed E-state index contributed by atoms with van der Waals surface area (Å²) < 4.78 is 6.11. The second-order valence-corrected chi connectivity index (χ2v) is 7.58. The van der Waals surface area contributed by atoms with E-state index in [9.17, 15) is 0 Å². The third-order valence-electron chi connectivity index (χ3n) is 5.03. The standard InChI is InChI=1S/C16H30O/c1-12(16(2,3)4)17-11-15-9-13-6-5-7-14(8-13)10-15/h12-15H,5-11H2,1-4H3. The molecule has 2 aliphatic carbocycles. The minimum absolute atomic E-state index is 0.282. The first-order valence-electron chi connectivity index (χ1n) is 7.56. The van der Waals surface area contributed by atoms with E-state index in [0.29, 0.717) is 6.10 Å². The lowest BCUT2D eigenvalue weighted by Crippen LogP contribution is -2.32. The number of hydrogen-bond acceptors (Lipinski definition) is 1. The highest BCUT2D eigenvalue weighted by Crippen LogP contribution is 2.42. The van der Waals surface area contributed by atoms with Crippen molar-refractivity contribution < 1.29 is 4.74 Å². The first-order valence-corrected chi connectivity index (χ1v) is 7.56. The molecule has 0 aromatic rings. The van der Waals surface area contributed by atoms with E-state index in [1.807, 2.05) is 0 Å². The second kappa shape index (κ2) is 5.30. The molecule has 2 saturated carbocycles. The lowest BCUT2D eigenvalue weighted by Gasteiger charge is -2.39. The van der Waals surface area contributed by atoms with Crippen LogP contribution in [-0.4, -0.2) is 12.7 Å². The Kier molecular flexibility index (Phi) is 4.18. The summed E-state index contributed by atoms with van der Waals surface area (Å²) in [5.74, 6) is 2.91. The van der Waals surface area contributed by atoms with E-state index in [4.69, 9.17) is 4.74 Å². The molecule has 3 unspecified atom stereocenters. The fourth-order valence-electron chi connectivity index (χ4n) is 3.54. The molecule has 0 aliphatic heterocycles. The molecular formula is C16H30O. The minimum atomic E-state index is 0.282. The maximum atomic E-state index is 6.11. The van der Waals surface area contributed by atoms with Crippen LogP contribution in [-0.2, 0) is 4.74 Å². The van der Waals surface area contributed by atoms with Gasteiger partial charge >= 0.3 is 0 Å². The van der Waals surface area contributed by atoms with Crippen molar-refractivity contribution in [1.82, 2.24) is 0 Å². The number of ether oxygens (including phenoxy) is 1. The predicted octanol–water partition coefficient (Wildman–Crippen LogP) is 4.65. The Morgan fingerprint density at radius 2 is 1.65 bits per heavy atom. The molecule has 0 spiro atoms. The molecule has 1 nitrogen and oxygen atoms in total. The van der Waals surface area contributed by atoms with Crippen LogP contribution >= 0.6 is 0 Å². The lowest BCUT2D eigenvalue weighted by molar-refractivity contribution is -0.0384. The minimum Gasteiger partial charge on any atom is -0.378 e. The Balaban J connectivity index is 1.76. The lowest BCUT2D eigenvalue weighted by atomic mass is 9.68. The highest BCUT2D eigenvalue weighted by molar-refractivity contribution is 4.83.